The van der Waals surface area contributed by atoms with Crippen molar-refractivity contribution in [2.24, 2.45) is 0 Å². The van der Waals surface area contributed by atoms with Crippen molar-refractivity contribution in [1.29, 1.82) is 0 Å². The lowest BCUT2D eigenvalue weighted by Gasteiger charge is -2.17. The number of halogens is 2. The first-order valence-electron chi connectivity index (χ1n) is 3.88. The maximum Gasteiger partial charge on any atom is 0.124 e. The molecule has 1 aromatic rings. The number of hydrogen-bond donors (Lipinski definition) is 0. The molecule has 1 nitrogen and oxygen atoms in total. The average molecular weight is 248 g/mol. The standard InChI is InChI=1S/C9H8BrClO/c10-7-4-6-2-1-3-12-9(6)5-8(7)11/h4-5H,1-3H2. The average Bonchev–Trinajstić information content (AvgIpc) is 2.07. The molecule has 0 aromatic heterocycles. The van der Waals surface area contributed by atoms with Crippen molar-refractivity contribution in [2.45, 2.75) is 12.8 Å². The fourth-order valence-electron chi connectivity index (χ4n) is 1.34. The maximum absolute atomic E-state index is 5.92. The van der Waals surface area contributed by atoms with Crippen LogP contribution in [0.25, 0.3) is 0 Å². The Bertz CT molecular complexity index is 281. The molecule has 0 spiro atoms. The van der Waals surface area contributed by atoms with E-state index in [1.54, 1.807) is 0 Å². The number of fused-ring (bicyclic) bond motifs is 1. The third-order valence-corrected chi connectivity index (χ3v) is 3.15. The lowest BCUT2D eigenvalue weighted by molar-refractivity contribution is 0.288. The molecule has 1 aliphatic rings. The largest absolute Gasteiger partial charge is 0.493 e. The Kier molecular flexibility index (Phi) is 2.28. The molecule has 0 amide bonds. The van der Waals surface area contributed by atoms with Crippen molar-refractivity contribution in [3.63, 3.8) is 0 Å². The maximum atomic E-state index is 5.92. The quantitative estimate of drug-likeness (QED) is 0.682. The molecule has 0 saturated carbocycles. The minimum absolute atomic E-state index is 0.718. The van der Waals surface area contributed by atoms with Gasteiger partial charge < -0.3 is 4.74 Å². The third kappa shape index (κ3) is 1.46. The van der Waals surface area contributed by atoms with E-state index < -0.39 is 0 Å². The van der Waals surface area contributed by atoms with E-state index in [2.05, 4.69) is 15.9 Å². The van der Waals surface area contributed by atoms with Gasteiger partial charge in [0.2, 0.25) is 0 Å². The number of aryl methyl sites for hydroxylation is 1. The van der Waals surface area contributed by atoms with Gasteiger partial charge in [-0.3, -0.25) is 0 Å². The second-order valence-corrected chi connectivity index (χ2v) is 4.09. The Hall–Kier alpha value is -0.210. The van der Waals surface area contributed by atoms with Gasteiger partial charge in [-0.15, -0.1) is 0 Å². The van der Waals surface area contributed by atoms with E-state index >= 15 is 0 Å². The van der Waals surface area contributed by atoms with Gasteiger partial charge >= 0.3 is 0 Å². The zero-order valence-electron chi connectivity index (χ0n) is 6.44. The monoisotopic (exact) mass is 246 g/mol. The highest BCUT2D eigenvalue weighted by Crippen LogP contribution is 2.33. The minimum Gasteiger partial charge on any atom is -0.493 e. The summed E-state index contributed by atoms with van der Waals surface area (Å²) in [6.45, 7) is 0.810. The highest BCUT2D eigenvalue weighted by Gasteiger charge is 2.12. The van der Waals surface area contributed by atoms with Crippen molar-refractivity contribution in [1.82, 2.24) is 0 Å². The number of ether oxygens (including phenoxy) is 1. The van der Waals surface area contributed by atoms with E-state index in [0.29, 0.717) is 0 Å². The van der Waals surface area contributed by atoms with E-state index in [1.807, 2.05) is 12.1 Å². The first-order chi connectivity index (χ1) is 5.77. The van der Waals surface area contributed by atoms with Crippen molar-refractivity contribution in [3.8, 4) is 5.75 Å². The molecule has 3 heteroatoms. The van der Waals surface area contributed by atoms with Gasteiger partial charge in [0, 0.05) is 10.5 Å². The third-order valence-electron chi connectivity index (χ3n) is 1.95. The number of benzene rings is 1. The van der Waals surface area contributed by atoms with Gasteiger partial charge in [0.1, 0.15) is 5.75 Å². The van der Waals surface area contributed by atoms with Crippen LogP contribution in [0, 0.1) is 0 Å². The van der Waals surface area contributed by atoms with Crippen LogP contribution in [0.15, 0.2) is 16.6 Å². The predicted octanol–water partition coefficient (Wildman–Crippen LogP) is 3.43. The molecule has 0 atom stereocenters. The normalized spacial score (nSPS) is 15.2. The molecule has 0 unspecified atom stereocenters. The van der Waals surface area contributed by atoms with Crippen molar-refractivity contribution in [3.05, 3.63) is 27.2 Å². The first-order valence-corrected chi connectivity index (χ1v) is 5.05. The van der Waals surface area contributed by atoms with Crippen LogP contribution in [-0.2, 0) is 6.42 Å². The van der Waals surface area contributed by atoms with Crippen LogP contribution in [-0.4, -0.2) is 6.61 Å². The zero-order chi connectivity index (χ0) is 8.55. The van der Waals surface area contributed by atoms with Crippen LogP contribution >= 0.6 is 27.5 Å². The topological polar surface area (TPSA) is 9.23 Å². The van der Waals surface area contributed by atoms with Crippen molar-refractivity contribution in [2.75, 3.05) is 6.61 Å². The van der Waals surface area contributed by atoms with Crippen molar-refractivity contribution < 1.29 is 4.74 Å². The Morgan fingerprint density at radius 3 is 3.08 bits per heavy atom. The van der Waals surface area contributed by atoms with E-state index in [9.17, 15) is 0 Å². The second kappa shape index (κ2) is 3.27. The van der Waals surface area contributed by atoms with Crippen LogP contribution in [0.1, 0.15) is 12.0 Å². The van der Waals surface area contributed by atoms with Crippen LogP contribution in [0.3, 0.4) is 0 Å². The molecule has 64 valence electrons. The van der Waals surface area contributed by atoms with Gasteiger partial charge in [-0.2, -0.15) is 0 Å². The van der Waals surface area contributed by atoms with Gasteiger partial charge in [-0.05, 0) is 40.4 Å². The Morgan fingerprint density at radius 2 is 2.25 bits per heavy atom. The van der Waals surface area contributed by atoms with Gasteiger partial charge in [-0.25, -0.2) is 0 Å². The second-order valence-electron chi connectivity index (χ2n) is 2.83. The first kappa shape index (κ1) is 8.39. The molecule has 1 heterocycles. The SMILES string of the molecule is Clc1cc2c(cc1Br)CCCO2. The van der Waals surface area contributed by atoms with E-state index in [0.717, 1.165) is 34.7 Å². The fraction of sp³-hybridized carbons (Fsp3) is 0.333. The van der Waals surface area contributed by atoms with Crippen molar-refractivity contribution >= 4 is 27.5 Å². The number of rotatable bonds is 0. The van der Waals surface area contributed by atoms with E-state index in [-0.39, 0.29) is 0 Å². The summed E-state index contributed by atoms with van der Waals surface area (Å²) < 4.78 is 6.41. The fourth-order valence-corrected chi connectivity index (χ4v) is 1.89. The molecule has 0 radical (unpaired) electrons. The zero-order valence-corrected chi connectivity index (χ0v) is 8.78. The minimum atomic E-state index is 0.718. The summed E-state index contributed by atoms with van der Waals surface area (Å²) in [6.07, 6.45) is 2.19. The van der Waals surface area contributed by atoms with E-state index in [1.165, 1.54) is 5.56 Å². The summed E-state index contributed by atoms with van der Waals surface area (Å²) in [4.78, 5) is 0. The summed E-state index contributed by atoms with van der Waals surface area (Å²) in [5, 5.41) is 0.718. The number of hydrogen-bond acceptors (Lipinski definition) is 1. The Labute approximate surface area is 84.8 Å². The molecule has 0 bridgehead atoms. The highest BCUT2D eigenvalue weighted by atomic mass is 79.9. The van der Waals surface area contributed by atoms with Crippen LogP contribution in [0.4, 0.5) is 0 Å². The lowest BCUT2D eigenvalue weighted by atomic mass is 10.1. The molecule has 0 N–H and O–H groups in total. The lowest BCUT2D eigenvalue weighted by Crippen LogP contribution is -2.07. The smallest absolute Gasteiger partial charge is 0.124 e. The molecule has 1 aromatic carbocycles. The summed E-state index contributed by atoms with van der Waals surface area (Å²) >= 11 is 9.31. The predicted molar refractivity (Wildman–Crippen MR) is 53.0 cm³/mol. The van der Waals surface area contributed by atoms with Gasteiger partial charge in [0.05, 0.1) is 11.6 Å². The van der Waals surface area contributed by atoms with Crippen LogP contribution < -0.4 is 4.74 Å². The molecule has 0 fully saturated rings. The van der Waals surface area contributed by atoms with Gasteiger partial charge in [0.15, 0.2) is 0 Å². The molecule has 1 aliphatic heterocycles. The van der Waals surface area contributed by atoms with Gasteiger partial charge in [-0.1, -0.05) is 11.6 Å². The van der Waals surface area contributed by atoms with Crippen LogP contribution in [0.2, 0.25) is 5.02 Å². The molecule has 12 heavy (non-hydrogen) atoms. The summed E-state index contributed by atoms with van der Waals surface area (Å²) in [5.74, 6) is 0.939. The Balaban J connectivity index is 2.49. The molecular formula is C9H8BrClO. The van der Waals surface area contributed by atoms with Crippen LogP contribution in [0.5, 0.6) is 5.75 Å². The molecule has 0 saturated heterocycles. The molecule has 2 rings (SSSR count). The highest BCUT2D eigenvalue weighted by molar-refractivity contribution is 9.10. The summed E-state index contributed by atoms with van der Waals surface area (Å²) in [7, 11) is 0. The molecule has 0 aliphatic carbocycles. The Morgan fingerprint density at radius 1 is 1.42 bits per heavy atom. The van der Waals surface area contributed by atoms with E-state index in [4.69, 9.17) is 16.3 Å². The summed E-state index contributed by atoms with van der Waals surface area (Å²) in [6, 6.07) is 3.91. The van der Waals surface area contributed by atoms with Gasteiger partial charge in [0.25, 0.3) is 0 Å². The summed E-state index contributed by atoms with van der Waals surface area (Å²) in [5.41, 5.74) is 1.25. The molecular weight excluding hydrogens is 239 g/mol.